The molecule has 118 valence electrons. The van der Waals surface area contributed by atoms with E-state index in [1.54, 1.807) is 4.90 Å². The molecule has 2 amide bonds. The van der Waals surface area contributed by atoms with Gasteiger partial charge in [0, 0.05) is 37.6 Å². The van der Waals surface area contributed by atoms with Gasteiger partial charge in [0.1, 0.15) is 5.82 Å². The van der Waals surface area contributed by atoms with Gasteiger partial charge in [-0.2, -0.15) is 0 Å². The molecule has 0 spiro atoms. The van der Waals surface area contributed by atoms with E-state index in [0.717, 1.165) is 6.07 Å². The molecule has 1 unspecified atom stereocenters. The van der Waals surface area contributed by atoms with Crippen LogP contribution in [0, 0.1) is 17.6 Å². The molecule has 0 aliphatic carbocycles. The zero-order chi connectivity index (χ0) is 15.9. The Bertz CT molecular complexity index is 629. The lowest BCUT2D eigenvalue weighted by Crippen LogP contribution is -2.49. The first-order valence-electron chi connectivity index (χ1n) is 7.18. The van der Waals surface area contributed by atoms with Crippen molar-refractivity contribution in [2.45, 2.75) is 18.8 Å². The van der Waals surface area contributed by atoms with E-state index >= 15 is 0 Å². The average molecular weight is 310 g/mol. The number of hydrogen-bond donors (Lipinski definition) is 2. The fraction of sp³-hybridized carbons (Fsp3) is 0.467. The Morgan fingerprint density at radius 3 is 2.64 bits per heavy atom. The normalized spacial score (nSPS) is 22.5. The minimum Gasteiger partial charge on any atom is -0.396 e. The smallest absolute Gasteiger partial charge is 0.234 e. The van der Waals surface area contributed by atoms with E-state index in [-0.39, 0.29) is 36.6 Å². The van der Waals surface area contributed by atoms with Crippen molar-refractivity contribution in [3.8, 4) is 0 Å². The third-order valence-corrected chi connectivity index (χ3v) is 4.25. The molecule has 2 aliphatic heterocycles. The van der Waals surface area contributed by atoms with Crippen molar-refractivity contribution in [1.82, 2.24) is 5.32 Å². The van der Waals surface area contributed by atoms with Crippen molar-refractivity contribution in [3.05, 3.63) is 29.3 Å². The van der Waals surface area contributed by atoms with Crippen molar-refractivity contribution in [3.63, 3.8) is 0 Å². The van der Waals surface area contributed by atoms with Gasteiger partial charge < -0.3 is 10.0 Å². The van der Waals surface area contributed by atoms with Crippen LogP contribution in [0.4, 0.5) is 14.5 Å². The first-order chi connectivity index (χ1) is 10.5. The van der Waals surface area contributed by atoms with E-state index in [9.17, 15) is 18.4 Å². The van der Waals surface area contributed by atoms with Crippen molar-refractivity contribution in [1.29, 1.82) is 0 Å². The summed E-state index contributed by atoms with van der Waals surface area (Å²) in [6.07, 6.45) is 0.164. The molecule has 2 N–H and O–H groups in total. The SMILES string of the molecule is O=C1CCC(c2c(F)ccc(N3CC(CO)C3)c2F)C(=O)N1. The molecular formula is C15H16F2N2O3. The maximum Gasteiger partial charge on any atom is 0.234 e. The predicted molar refractivity (Wildman–Crippen MR) is 74.3 cm³/mol. The highest BCUT2D eigenvalue weighted by atomic mass is 19.1. The van der Waals surface area contributed by atoms with Gasteiger partial charge in [0.25, 0.3) is 0 Å². The Hall–Kier alpha value is -2.02. The highest BCUT2D eigenvalue weighted by molar-refractivity contribution is 6.01. The number of aliphatic hydroxyl groups excluding tert-OH is 1. The lowest BCUT2D eigenvalue weighted by atomic mass is 9.88. The first-order valence-corrected chi connectivity index (χ1v) is 7.18. The summed E-state index contributed by atoms with van der Waals surface area (Å²) in [6.45, 7) is 1.01. The Balaban J connectivity index is 1.91. The van der Waals surface area contributed by atoms with Gasteiger partial charge >= 0.3 is 0 Å². The van der Waals surface area contributed by atoms with Crippen molar-refractivity contribution < 1.29 is 23.5 Å². The molecule has 5 nitrogen and oxygen atoms in total. The van der Waals surface area contributed by atoms with E-state index in [4.69, 9.17) is 5.11 Å². The molecule has 22 heavy (non-hydrogen) atoms. The quantitative estimate of drug-likeness (QED) is 0.814. The van der Waals surface area contributed by atoms with Gasteiger partial charge in [0.05, 0.1) is 11.6 Å². The van der Waals surface area contributed by atoms with Crippen LogP contribution in [-0.2, 0) is 9.59 Å². The summed E-state index contributed by atoms with van der Waals surface area (Å²) in [7, 11) is 0. The molecule has 2 fully saturated rings. The van der Waals surface area contributed by atoms with Gasteiger partial charge in [-0.3, -0.25) is 14.9 Å². The Labute approximate surface area is 125 Å². The number of rotatable bonds is 3. The minimum absolute atomic E-state index is 0.0271. The van der Waals surface area contributed by atoms with Crippen molar-refractivity contribution in [2.24, 2.45) is 5.92 Å². The maximum atomic E-state index is 14.7. The molecule has 0 aromatic heterocycles. The fourth-order valence-corrected chi connectivity index (χ4v) is 2.97. The largest absolute Gasteiger partial charge is 0.396 e. The second-order valence-electron chi connectivity index (χ2n) is 5.75. The number of halogens is 2. The fourth-order valence-electron chi connectivity index (χ4n) is 2.97. The molecule has 1 aromatic carbocycles. The van der Waals surface area contributed by atoms with Gasteiger partial charge in [-0.05, 0) is 18.6 Å². The van der Waals surface area contributed by atoms with Crippen LogP contribution in [0.25, 0.3) is 0 Å². The second-order valence-corrected chi connectivity index (χ2v) is 5.75. The third kappa shape index (κ3) is 2.45. The summed E-state index contributed by atoms with van der Waals surface area (Å²) in [5.41, 5.74) is -0.0549. The number of carbonyl (C=O) groups is 2. The molecule has 2 heterocycles. The van der Waals surface area contributed by atoms with Gasteiger partial charge in [-0.25, -0.2) is 8.78 Å². The summed E-state index contributed by atoms with van der Waals surface area (Å²) < 4.78 is 28.7. The summed E-state index contributed by atoms with van der Waals surface area (Å²) in [5, 5.41) is 11.1. The van der Waals surface area contributed by atoms with Gasteiger partial charge in [0.2, 0.25) is 11.8 Å². The van der Waals surface area contributed by atoms with Crippen molar-refractivity contribution in [2.75, 3.05) is 24.6 Å². The van der Waals surface area contributed by atoms with E-state index < -0.39 is 29.4 Å². The highest BCUT2D eigenvalue weighted by Crippen LogP contribution is 2.35. The first kappa shape index (κ1) is 14.9. The number of piperidine rings is 1. The molecule has 3 rings (SSSR count). The summed E-state index contributed by atoms with van der Waals surface area (Å²) in [6, 6.07) is 2.48. The third-order valence-electron chi connectivity index (χ3n) is 4.25. The Morgan fingerprint density at radius 2 is 2.00 bits per heavy atom. The summed E-state index contributed by atoms with van der Waals surface area (Å²) in [5.74, 6) is -3.54. The monoisotopic (exact) mass is 310 g/mol. The Morgan fingerprint density at radius 1 is 1.27 bits per heavy atom. The molecule has 1 atom stereocenters. The molecule has 7 heteroatoms. The number of hydrogen-bond acceptors (Lipinski definition) is 4. The van der Waals surface area contributed by atoms with Crippen LogP contribution >= 0.6 is 0 Å². The van der Waals surface area contributed by atoms with Crippen LogP contribution in [0.2, 0.25) is 0 Å². The topological polar surface area (TPSA) is 69.6 Å². The standard InChI is InChI=1S/C15H16F2N2O3/c16-10-2-3-11(19-5-8(6-19)7-20)14(17)13(10)9-1-4-12(21)18-15(9)22/h2-3,8-9,20H,1,4-7H2,(H,18,21,22). The second kappa shape index (κ2) is 5.64. The molecular weight excluding hydrogens is 294 g/mol. The number of benzene rings is 1. The van der Waals surface area contributed by atoms with Crippen molar-refractivity contribution >= 4 is 17.5 Å². The predicted octanol–water partition coefficient (Wildman–Crippen LogP) is 0.913. The van der Waals surface area contributed by atoms with Gasteiger partial charge in [0.15, 0.2) is 5.82 Å². The molecule has 0 saturated carbocycles. The van der Waals surface area contributed by atoms with Crippen LogP contribution in [0.5, 0.6) is 0 Å². The molecule has 2 saturated heterocycles. The number of anilines is 1. The molecule has 0 radical (unpaired) electrons. The number of imide groups is 1. The highest BCUT2D eigenvalue weighted by Gasteiger charge is 2.35. The van der Waals surface area contributed by atoms with Crippen LogP contribution in [0.1, 0.15) is 24.3 Å². The maximum absolute atomic E-state index is 14.7. The number of aliphatic hydroxyl groups is 1. The van der Waals surface area contributed by atoms with E-state index in [1.165, 1.54) is 6.07 Å². The number of nitrogens with zero attached hydrogens (tertiary/aromatic N) is 1. The lowest BCUT2D eigenvalue weighted by molar-refractivity contribution is -0.134. The van der Waals surface area contributed by atoms with Gasteiger partial charge in [-0.15, -0.1) is 0 Å². The van der Waals surface area contributed by atoms with E-state index in [0.29, 0.717) is 13.1 Å². The number of amides is 2. The lowest BCUT2D eigenvalue weighted by Gasteiger charge is -2.40. The van der Waals surface area contributed by atoms with E-state index in [2.05, 4.69) is 5.32 Å². The van der Waals surface area contributed by atoms with Crippen LogP contribution in [-0.4, -0.2) is 36.6 Å². The summed E-state index contributed by atoms with van der Waals surface area (Å²) in [4.78, 5) is 24.7. The molecule has 1 aromatic rings. The molecule has 0 bridgehead atoms. The summed E-state index contributed by atoms with van der Waals surface area (Å²) >= 11 is 0. The van der Waals surface area contributed by atoms with E-state index in [1.807, 2.05) is 0 Å². The molecule has 2 aliphatic rings. The van der Waals surface area contributed by atoms with Crippen LogP contribution in [0.3, 0.4) is 0 Å². The number of carbonyl (C=O) groups excluding carboxylic acids is 2. The van der Waals surface area contributed by atoms with Gasteiger partial charge in [-0.1, -0.05) is 0 Å². The zero-order valence-corrected chi connectivity index (χ0v) is 11.8. The zero-order valence-electron chi connectivity index (χ0n) is 11.8. The average Bonchev–Trinajstić information content (AvgIpc) is 2.42. The Kier molecular flexibility index (Phi) is 3.82. The minimum atomic E-state index is -0.993. The van der Waals surface area contributed by atoms with Crippen LogP contribution in [0.15, 0.2) is 12.1 Å². The van der Waals surface area contributed by atoms with Crippen LogP contribution < -0.4 is 10.2 Å². The number of nitrogens with one attached hydrogen (secondary N) is 1.